The molecule has 3 heterocycles. The summed E-state index contributed by atoms with van der Waals surface area (Å²) in [7, 11) is 1.62. The van der Waals surface area contributed by atoms with Gasteiger partial charge < -0.3 is 19.4 Å². The van der Waals surface area contributed by atoms with Crippen molar-refractivity contribution in [2.75, 3.05) is 30.4 Å². The van der Waals surface area contributed by atoms with Gasteiger partial charge in [0.1, 0.15) is 5.75 Å². The van der Waals surface area contributed by atoms with Crippen molar-refractivity contribution in [1.82, 2.24) is 9.38 Å². The Hall–Kier alpha value is -3.54. The van der Waals surface area contributed by atoms with Gasteiger partial charge in [-0.3, -0.25) is 4.79 Å². The Morgan fingerprint density at radius 1 is 1.03 bits per heavy atom. The van der Waals surface area contributed by atoms with Crippen LogP contribution >= 0.6 is 0 Å². The first-order valence-electron chi connectivity index (χ1n) is 10.3. The first-order valence-corrected chi connectivity index (χ1v) is 10.3. The van der Waals surface area contributed by atoms with E-state index in [-0.39, 0.29) is 11.8 Å². The number of nitrogens with zero attached hydrogens (tertiary/aromatic N) is 3. The van der Waals surface area contributed by atoms with Crippen LogP contribution < -0.4 is 15.0 Å². The number of carbonyl (C=O) groups excluding carboxylic acids is 1. The highest BCUT2D eigenvalue weighted by molar-refractivity contribution is 5.93. The molecular weight excluding hydrogens is 376 g/mol. The highest BCUT2D eigenvalue weighted by Crippen LogP contribution is 2.29. The van der Waals surface area contributed by atoms with Crippen molar-refractivity contribution in [3.63, 3.8) is 0 Å². The number of piperidine rings is 1. The minimum absolute atomic E-state index is 0.00397. The Bertz CT molecular complexity index is 1210. The summed E-state index contributed by atoms with van der Waals surface area (Å²) in [5, 5.41) is 3.03. The number of aromatic nitrogens is 2. The molecule has 1 aliphatic heterocycles. The van der Waals surface area contributed by atoms with Gasteiger partial charge in [-0.2, -0.15) is 0 Å². The standard InChI is InChI=1S/C24H24N4O2/c1-30-19-7-4-6-18(16-19)25-24(29)17-11-14-27(15-12-17)23-22-10-5-13-28(22)21-9-3-2-8-20(21)26-23/h2-10,13,16-17H,11-12,14-15H2,1H3,(H,25,29). The molecule has 0 aliphatic carbocycles. The summed E-state index contributed by atoms with van der Waals surface area (Å²) in [6.45, 7) is 1.62. The van der Waals surface area contributed by atoms with Crippen molar-refractivity contribution in [2.45, 2.75) is 12.8 Å². The maximum absolute atomic E-state index is 12.8. The van der Waals surface area contributed by atoms with Gasteiger partial charge in [-0.15, -0.1) is 0 Å². The van der Waals surface area contributed by atoms with Gasteiger partial charge in [-0.25, -0.2) is 4.98 Å². The van der Waals surface area contributed by atoms with Gasteiger partial charge >= 0.3 is 0 Å². The second-order valence-corrected chi connectivity index (χ2v) is 7.67. The van der Waals surface area contributed by atoms with Crippen LogP contribution in [0.2, 0.25) is 0 Å². The molecule has 0 saturated carbocycles. The zero-order chi connectivity index (χ0) is 20.5. The fraction of sp³-hybridized carbons (Fsp3) is 0.250. The number of rotatable bonds is 4. The van der Waals surface area contributed by atoms with E-state index in [0.29, 0.717) is 0 Å². The van der Waals surface area contributed by atoms with Crippen molar-refractivity contribution in [1.29, 1.82) is 0 Å². The van der Waals surface area contributed by atoms with E-state index in [4.69, 9.17) is 9.72 Å². The summed E-state index contributed by atoms with van der Waals surface area (Å²) in [4.78, 5) is 20.0. The van der Waals surface area contributed by atoms with Crippen molar-refractivity contribution < 1.29 is 9.53 Å². The lowest BCUT2D eigenvalue weighted by Crippen LogP contribution is -2.38. The first kappa shape index (κ1) is 18.5. The number of carbonyl (C=O) groups is 1. The molecule has 2 aromatic heterocycles. The molecule has 1 saturated heterocycles. The van der Waals surface area contributed by atoms with Crippen LogP contribution in [0.25, 0.3) is 16.6 Å². The molecule has 152 valence electrons. The number of fused-ring (bicyclic) bond motifs is 3. The molecule has 5 rings (SSSR count). The van der Waals surface area contributed by atoms with Crippen LogP contribution in [-0.4, -0.2) is 35.5 Å². The number of nitrogens with one attached hydrogen (secondary N) is 1. The van der Waals surface area contributed by atoms with Crippen molar-refractivity contribution in [2.24, 2.45) is 5.92 Å². The number of benzene rings is 2. The lowest BCUT2D eigenvalue weighted by atomic mass is 9.95. The second-order valence-electron chi connectivity index (χ2n) is 7.67. The van der Waals surface area contributed by atoms with Crippen LogP contribution in [0.5, 0.6) is 5.75 Å². The van der Waals surface area contributed by atoms with E-state index in [0.717, 1.165) is 59.7 Å². The highest BCUT2D eigenvalue weighted by Gasteiger charge is 2.27. The van der Waals surface area contributed by atoms with Crippen LogP contribution in [0.4, 0.5) is 11.5 Å². The summed E-state index contributed by atoms with van der Waals surface area (Å²) in [6.07, 6.45) is 3.69. The van der Waals surface area contributed by atoms with Crippen molar-refractivity contribution >= 4 is 34.0 Å². The molecule has 0 spiro atoms. The van der Waals surface area contributed by atoms with Gasteiger partial charge in [0.2, 0.25) is 5.91 Å². The van der Waals surface area contributed by atoms with Gasteiger partial charge in [0.15, 0.2) is 5.82 Å². The average molecular weight is 400 g/mol. The fourth-order valence-electron chi connectivity index (χ4n) is 4.24. The third-order valence-corrected chi connectivity index (χ3v) is 5.85. The number of hydrogen-bond acceptors (Lipinski definition) is 4. The van der Waals surface area contributed by atoms with E-state index in [9.17, 15) is 4.79 Å². The molecule has 6 nitrogen and oxygen atoms in total. The number of amides is 1. The molecule has 0 bridgehead atoms. The minimum atomic E-state index is -0.00397. The van der Waals surface area contributed by atoms with Gasteiger partial charge in [-0.05, 0) is 49.2 Å². The third kappa shape index (κ3) is 3.34. The summed E-state index contributed by atoms with van der Waals surface area (Å²) < 4.78 is 7.43. The minimum Gasteiger partial charge on any atom is -0.497 e. The van der Waals surface area contributed by atoms with E-state index in [1.165, 1.54) is 0 Å². The normalized spacial score (nSPS) is 14.9. The lowest BCUT2D eigenvalue weighted by Gasteiger charge is -2.32. The predicted molar refractivity (Wildman–Crippen MR) is 119 cm³/mol. The molecule has 0 unspecified atom stereocenters. The fourth-order valence-corrected chi connectivity index (χ4v) is 4.24. The zero-order valence-electron chi connectivity index (χ0n) is 16.9. The molecule has 1 N–H and O–H groups in total. The number of anilines is 2. The Labute approximate surface area is 175 Å². The molecule has 1 fully saturated rings. The van der Waals surface area contributed by atoms with E-state index in [2.05, 4.69) is 39.0 Å². The Kier molecular flexibility index (Phi) is 4.75. The molecular formula is C24H24N4O2. The number of ether oxygens (including phenoxy) is 1. The maximum atomic E-state index is 12.8. The quantitative estimate of drug-likeness (QED) is 0.553. The van der Waals surface area contributed by atoms with E-state index in [1.807, 2.05) is 42.5 Å². The van der Waals surface area contributed by atoms with Crippen molar-refractivity contribution in [3.05, 3.63) is 66.9 Å². The van der Waals surface area contributed by atoms with Crippen molar-refractivity contribution in [3.8, 4) is 5.75 Å². The summed E-state index contributed by atoms with van der Waals surface area (Å²) in [6, 6.07) is 19.8. The number of para-hydroxylation sites is 2. The molecule has 4 aromatic rings. The van der Waals surface area contributed by atoms with Gasteiger partial charge in [-0.1, -0.05) is 18.2 Å². The van der Waals surface area contributed by atoms with Crippen LogP contribution in [0.3, 0.4) is 0 Å². The molecule has 0 radical (unpaired) electrons. The topological polar surface area (TPSA) is 58.9 Å². The third-order valence-electron chi connectivity index (χ3n) is 5.85. The second kappa shape index (κ2) is 7.71. The molecule has 1 amide bonds. The highest BCUT2D eigenvalue weighted by atomic mass is 16.5. The summed E-state index contributed by atoms with van der Waals surface area (Å²) in [5.41, 5.74) is 3.96. The Morgan fingerprint density at radius 2 is 1.83 bits per heavy atom. The predicted octanol–water partition coefficient (Wildman–Crippen LogP) is 4.35. The SMILES string of the molecule is COc1cccc(NC(=O)C2CCN(c3nc4ccccc4n4cccc34)CC2)c1. The zero-order valence-corrected chi connectivity index (χ0v) is 16.9. The first-order chi connectivity index (χ1) is 14.7. The van der Waals surface area contributed by atoms with Gasteiger partial charge in [0, 0.05) is 37.0 Å². The van der Waals surface area contributed by atoms with Gasteiger partial charge in [0.05, 0.1) is 23.7 Å². The molecule has 2 aromatic carbocycles. The molecule has 30 heavy (non-hydrogen) atoms. The van der Waals surface area contributed by atoms with Crippen LogP contribution in [0.1, 0.15) is 12.8 Å². The van der Waals surface area contributed by atoms with Crippen LogP contribution in [0, 0.1) is 5.92 Å². The molecule has 1 aliphatic rings. The van der Waals surface area contributed by atoms with E-state index in [1.54, 1.807) is 7.11 Å². The number of methoxy groups -OCH3 is 1. The largest absolute Gasteiger partial charge is 0.497 e. The average Bonchev–Trinajstić information content (AvgIpc) is 3.29. The Balaban J connectivity index is 1.32. The summed E-state index contributed by atoms with van der Waals surface area (Å²) in [5.74, 6) is 1.80. The smallest absolute Gasteiger partial charge is 0.227 e. The van der Waals surface area contributed by atoms with E-state index >= 15 is 0 Å². The lowest BCUT2D eigenvalue weighted by molar-refractivity contribution is -0.120. The summed E-state index contributed by atoms with van der Waals surface area (Å²) >= 11 is 0. The van der Waals surface area contributed by atoms with Gasteiger partial charge in [0.25, 0.3) is 0 Å². The van der Waals surface area contributed by atoms with E-state index < -0.39 is 0 Å². The Morgan fingerprint density at radius 3 is 2.67 bits per heavy atom. The van der Waals surface area contributed by atoms with Crippen LogP contribution in [-0.2, 0) is 4.79 Å². The number of hydrogen-bond donors (Lipinski definition) is 1. The molecule has 0 atom stereocenters. The monoisotopic (exact) mass is 400 g/mol. The molecule has 6 heteroatoms. The maximum Gasteiger partial charge on any atom is 0.227 e. The van der Waals surface area contributed by atoms with Crippen LogP contribution in [0.15, 0.2) is 66.9 Å².